The third kappa shape index (κ3) is 8.43. The van der Waals surface area contributed by atoms with Crippen molar-refractivity contribution in [2.45, 2.75) is 112 Å². The van der Waals surface area contributed by atoms with Gasteiger partial charge < -0.3 is 0 Å². The van der Waals surface area contributed by atoms with E-state index in [1.54, 1.807) is 11.1 Å². The van der Waals surface area contributed by atoms with Gasteiger partial charge in [-0.15, -0.1) is 0 Å². The van der Waals surface area contributed by atoms with Crippen molar-refractivity contribution in [2.75, 3.05) is 0 Å². The fraction of sp³-hybridized carbons (Fsp3) is 0.760. The Morgan fingerprint density at radius 1 is 0.880 bits per heavy atom. The van der Waals surface area contributed by atoms with Gasteiger partial charge in [-0.05, 0) is 85.8 Å². The van der Waals surface area contributed by atoms with Gasteiger partial charge in [0.1, 0.15) is 0 Å². The fourth-order valence-electron chi connectivity index (χ4n) is 3.86. The predicted octanol–water partition coefficient (Wildman–Crippen LogP) is 8.05. The van der Waals surface area contributed by atoms with Crippen molar-refractivity contribution >= 4 is 0 Å². The number of aryl methyl sites for hydroxylation is 3. The number of rotatable bonds is 11. The molecule has 25 heavy (non-hydrogen) atoms. The minimum Gasteiger partial charge on any atom is -0.0602 e. The molecule has 1 saturated carbocycles. The molecule has 0 spiro atoms. The standard InChI is InChI=1S/C25H42/c1-21-20-22(12-8-6-7-10-16-24(2,3)4)14-15-23(21)13-9-11-17-25(5)18-19-25/h14-15,20H,6-13,16-19H2,1-5H3. The minimum atomic E-state index is 0.503. The monoisotopic (exact) mass is 342 g/mol. The molecule has 1 aromatic rings. The molecular weight excluding hydrogens is 300 g/mol. The van der Waals surface area contributed by atoms with Crippen molar-refractivity contribution in [1.29, 1.82) is 0 Å². The first-order chi connectivity index (χ1) is 11.8. The summed E-state index contributed by atoms with van der Waals surface area (Å²) in [6.07, 6.45) is 16.6. The van der Waals surface area contributed by atoms with Gasteiger partial charge in [-0.3, -0.25) is 0 Å². The summed E-state index contributed by atoms with van der Waals surface area (Å²) in [6.45, 7) is 11.8. The topological polar surface area (TPSA) is 0 Å². The fourth-order valence-corrected chi connectivity index (χ4v) is 3.86. The zero-order valence-corrected chi connectivity index (χ0v) is 17.7. The Labute approximate surface area is 157 Å². The number of benzene rings is 1. The van der Waals surface area contributed by atoms with Crippen LogP contribution in [0, 0.1) is 17.8 Å². The summed E-state index contributed by atoms with van der Waals surface area (Å²) in [5.74, 6) is 0. The van der Waals surface area contributed by atoms with Crippen molar-refractivity contribution in [2.24, 2.45) is 10.8 Å². The van der Waals surface area contributed by atoms with Crippen LogP contribution in [0.3, 0.4) is 0 Å². The molecule has 0 aromatic heterocycles. The van der Waals surface area contributed by atoms with E-state index in [-0.39, 0.29) is 0 Å². The Hall–Kier alpha value is -0.780. The Morgan fingerprint density at radius 3 is 2.20 bits per heavy atom. The van der Waals surface area contributed by atoms with Crippen molar-refractivity contribution in [1.82, 2.24) is 0 Å². The number of hydrogen-bond donors (Lipinski definition) is 0. The highest BCUT2D eigenvalue weighted by atomic mass is 14.4. The van der Waals surface area contributed by atoms with Crippen LogP contribution in [-0.2, 0) is 12.8 Å². The number of unbranched alkanes of at least 4 members (excludes halogenated alkanes) is 4. The molecule has 1 aliphatic carbocycles. The van der Waals surface area contributed by atoms with E-state index in [0.717, 1.165) is 5.41 Å². The smallest absolute Gasteiger partial charge is 0.0276 e. The highest BCUT2D eigenvalue weighted by molar-refractivity contribution is 5.31. The van der Waals surface area contributed by atoms with E-state index in [2.05, 4.69) is 52.8 Å². The normalized spacial score (nSPS) is 16.2. The molecule has 0 heterocycles. The summed E-state index contributed by atoms with van der Waals surface area (Å²) < 4.78 is 0. The van der Waals surface area contributed by atoms with Crippen molar-refractivity contribution in [3.8, 4) is 0 Å². The third-order valence-corrected chi connectivity index (χ3v) is 6.13. The molecule has 0 radical (unpaired) electrons. The van der Waals surface area contributed by atoms with E-state index >= 15 is 0 Å². The van der Waals surface area contributed by atoms with Crippen LogP contribution in [0.5, 0.6) is 0 Å². The van der Waals surface area contributed by atoms with E-state index in [9.17, 15) is 0 Å². The molecule has 1 aliphatic rings. The van der Waals surface area contributed by atoms with Gasteiger partial charge in [0.2, 0.25) is 0 Å². The highest BCUT2D eigenvalue weighted by Crippen LogP contribution is 2.49. The first-order valence-corrected chi connectivity index (χ1v) is 10.9. The second-order valence-electron chi connectivity index (χ2n) is 10.3. The molecular formula is C25H42. The van der Waals surface area contributed by atoms with Gasteiger partial charge in [0, 0.05) is 0 Å². The van der Waals surface area contributed by atoms with Crippen LogP contribution < -0.4 is 0 Å². The maximum absolute atomic E-state index is 2.45. The zero-order valence-electron chi connectivity index (χ0n) is 17.7. The minimum absolute atomic E-state index is 0.503. The predicted molar refractivity (Wildman–Crippen MR) is 112 cm³/mol. The molecule has 0 N–H and O–H groups in total. The van der Waals surface area contributed by atoms with E-state index in [1.807, 2.05) is 0 Å². The average molecular weight is 343 g/mol. The molecule has 2 rings (SSSR count). The summed E-state index contributed by atoms with van der Waals surface area (Å²) in [6, 6.07) is 7.25. The molecule has 0 saturated heterocycles. The Kier molecular flexibility index (Phi) is 7.59. The largest absolute Gasteiger partial charge is 0.0602 e. The zero-order chi connectivity index (χ0) is 18.3. The molecule has 0 bridgehead atoms. The van der Waals surface area contributed by atoms with Crippen LogP contribution in [-0.4, -0.2) is 0 Å². The maximum atomic E-state index is 2.45. The third-order valence-electron chi connectivity index (χ3n) is 6.13. The van der Waals surface area contributed by atoms with Crippen LogP contribution in [0.4, 0.5) is 0 Å². The van der Waals surface area contributed by atoms with E-state index < -0.39 is 0 Å². The first-order valence-electron chi connectivity index (χ1n) is 10.9. The van der Waals surface area contributed by atoms with Gasteiger partial charge in [-0.25, -0.2) is 0 Å². The Balaban J connectivity index is 1.61. The number of hydrogen-bond acceptors (Lipinski definition) is 0. The molecule has 0 amide bonds. The molecule has 1 fully saturated rings. The van der Waals surface area contributed by atoms with E-state index in [0.29, 0.717) is 5.41 Å². The van der Waals surface area contributed by atoms with Crippen LogP contribution in [0.1, 0.15) is 109 Å². The molecule has 1 aromatic carbocycles. The summed E-state index contributed by atoms with van der Waals surface area (Å²) in [4.78, 5) is 0. The maximum Gasteiger partial charge on any atom is -0.0276 e. The Bertz CT molecular complexity index is 513. The van der Waals surface area contributed by atoms with Gasteiger partial charge in [-0.1, -0.05) is 71.6 Å². The second kappa shape index (κ2) is 9.24. The summed E-state index contributed by atoms with van der Waals surface area (Å²) in [7, 11) is 0. The van der Waals surface area contributed by atoms with Gasteiger partial charge >= 0.3 is 0 Å². The lowest BCUT2D eigenvalue weighted by Gasteiger charge is -2.17. The highest BCUT2D eigenvalue weighted by Gasteiger charge is 2.35. The lowest BCUT2D eigenvalue weighted by Crippen LogP contribution is -2.03. The van der Waals surface area contributed by atoms with E-state index in [1.165, 1.54) is 82.6 Å². The summed E-state index contributed by atoms with van der Waals surface area (Å²) >= 11 is 0. The van der Waals surface area contributed by atoms with Crippen molar-refractivity contribution in [3.63, 3.8) is 0 Å². The molecule has 0 atom stereocenters. The molecule has 0 nitrogen and oxygen atoms in total. The quantitative estimate of drug-likeness (QED) is 0.357. The summed E-state index contributed by atoms with van der Waals surface area (Å²) in [5, 5.41) is 0. The Morgan fingerprint density at radius 2 is 1.56 bits per heavy atom. The lowest BCUT2D eigenvalue weighted by molar-refractivity contribution is 0.357. The van der Waals surface area contributed by atoms with Gasteiger partial charge in [-0.2, -0.15) is 0 Å². The molecule has 0 heteroatoms. The van der Waals surface area contributed by atoms with E-state index in [4.69, 9.17) is 0 Å². The van der Waals surface area contributed by atoms with Crippen molar-refractivity contribution in [3.05, 3.63) is 34.9 Å². The van der Waals surface area contributed by atoms with Crippen molar-refractivity contribution < 1.29 is 0 Å². The molecule has 142 valence electrons. The van der Waals surface area contributed by atoms with Crippen LogP contribution in [0.25, 0.3) is 0 Å². The van der Waals surface area contributed by atoms with Crippen LogP contribution in [0.15, 0.2) is 18.2 Å². The van der Waals surface area contributed by atoms with Gasteiger partial charge in [0.05, 0.1) is 0 Å². The van der Waals surface area contributed by atoms with Crippen LogP contribution >= 0.6 is 0 Å². The molecule has 0 aliphatic heterocycles. The SMILES string of the molecule is Cc1cc(CCCCCCC(C)(C)C)ccc1CCCCC1(C)CC1. The van der Waals surface area contributed by atoms with Gasteiger partial charge in [0.15, 0.2) is 0 Å². The lowest BCUT2D eigenvalue weighted by atomic mass is 9.89. The molecule has 0 unspecified atom stereocenters. The first kappa shape index (κ1) is 20.5. The van der Waals surface area contributed by atoms with Gasteiger partial charge in [0.25, 0.3) is 0 Å². The summed E-state index contributed by atoms with van der Waals surface area (Å²) in [5.41, 5.74) is 5.87. The average Bonchev–Trinajstić information content (AvgIpc) is 3.26. The van der Waals surface area contributed by atoms with Crippen LogP contribution in [0.2, 0.25) is 0 Å². The second-order valence-corrected chi connectivity index (χ2v) is 10.3.